The van der Waals surface area contributed by atoms with E-state index in [9.17, 15) is 10.1 Å². The van der Waals surface area contributed by atoms with Gasteiger partial charge in [-0.2, -0.15) is 5.26 Å². The third-order valence-corrected chi connectivity index (χ3v) is 7.45. The van der Waals surface area contributed by atoms with E-state index in [1.165, 1.54) is 52.2 Å². The second-order valence-corrected chi connectivity index (χ2v) is 9.17. The number of benzene rings is 1. The van der Waals surface area contributed by atoms with Crippen LogP contribution in [0.25, 0.3) is 0 Å². The number of aryl methyl sites for hydroxylation is 2. The Morgan fingerprint density at radius 3 is 2.93 bits per heavy atom. The van der Waals surface area contributed by atoms with Crippen LogP contribution in [0.2, 0.25) is 0 Å². The number of nitrogens with zero attached hydrogens (tertiary/aromatic N) is 1. The summed E-state index contributed by atoms with van der Waals surface area (Å²) in [5.74, 6) is 0.0264. The van der Waals surface area contributed by atoms with Crippen LogP contribution >= 0.6 is 11.3 Å². The maximum Gasteiger partial charge on any atom is 0.230 e. The molecule has 1 unspecified atom stereocenters. The summed E-state index contributed by atoms with van der Waals surface area (Å²) in [6.45, 7) is 0.803. The Morgan fingerprint density at radius 2 is 2.07 bits per heavy atom. The predicted octanol–water partition coefficient (Wildman–Crippen LogP) is 3.42. The largest absolute Gasteiger partial charge is 0.331 e. The molecule has 1 aromatic heterocycles. The highest BCUT2D eigenvalue weighted by molar-refractivity contribution is 7.16. The van der Waals surface area contributed by atoms with E-state index in [0.29, 0.717) is 18.0 Å². The van der Waals surface area contributed by atoms with E-state index >= 15 is 0 Å². The second kappa shape index (κ2) is 8.46. The lowest BCUT2D eigenvalue weighted by atomic mass is 9.87. The summed E-state index contributed by atoms with van der Waals surface area (Å²) in [5, 5.41) is 13.4. The molecule has 2 N–H and O–H groups in total. The molecule has 0 saturated heterocycles. The standard InChI is InChI=1S/C23H27N3OS/c1-26(20-11-6-8-16-7-2-3-9-17(16)20)14-13-22(27)25-23-19(15-24)18-10-4-5-12-21(18)28-23/h2-3,7,9,20H,4-6,8,10-14H2,1H3,(H,25,27)/p+1/t20-/m1/s1. The molecule has 146 valence electrons. The zero-order valence-electron chi connectivity index (χ0n) is 16.5. The number of hydrogen-bond donors (Lipinski definition) is 2. The van der Waals surface area contributed by atoms with Gasteiger partial charge in [0, 0.05) is 16.9 Å². The molecule has 0 saturated carbocycles. The Morgan fingerprint density at radius 1 is 1.25 bits per heavy atom. The monoisotopic (exact) mass is 394 g/mol. The van der Waals surface area contributed by atoms with Crippen LogP contribution in [-0.2, 0) is 24.1 Å². The number of rotatable bonds is 5. The van der Waals surface area contributed by atoms with Crippen molar-refractivity contribution in [3.8, 4) is 6.07 Å². The highest BCUT2D eigenvalue weighted by Crippen LogP contribution is 2.37. The maximum atomic E-state index is 12.6. The lowest BCUT2D eigenvalue weighted by molar-refractivity contribution is -0.912. The summed E-state index contributed by atoms with van der Waals surface area (Å²) in [6.07, 6.45) is 8.39. The van der Waals surface area contributed by atoms with E-state index in [2.05, 4.69) is 42.7 Å². The summed E-state index contributed by atoms with van der Waals surface area (Å²) in [6, 6.07) is 11.5. The summed E-state index contributed by atoms with van der Waals surface area (Å²) >= 11 is 1.61. The topological polar surface area (TPSA) is 57.3 Å². The predicted molar refractivity (Wildman–Crippen MR) is 113 cm³/mol. The van der Waals surface area contributed by atoms with Gasteiger partial charge in [0.25, 0.3) is 0 Å². The highest BCUT2D eigenvalue weighted by Gasteiger charge is 2.27. The average molecular weight is 395 g/mol. The number of nitrogens with one attached hydrogen (secondary N) is 2. The summed E-state index contributed by atoms with van der Waals surface area (Å²) in [4.78, 5) is 15.3. The molecule has 0 spiro atoms. The molecule has 2 aliphatic carbocycles. The molecule has 1 heterocycles. The zero-order valence-corrected chi connectivity index (χ0v) is 17.3. The van der Waals surface area contributed by atoms with Crippen molar-refractivity contribution < 1.29 is 9.69 Å². The Balaban J connectivity index is 1.38. The van der Waals surface area contributed by atoms with Crippen molar-refractivity contribution in [3.63, 3.8) is 0 Å². The lowest BCUT2D eigenvalue weighted by Crippen LogP contribution is -3.09. The fourth-order valence-corrected chi connectivity index (χ4v) is 5.97. The number of anilines is 1. The van der Waals surface area contributed by atoms with Crippen LogP contribution in [0.5, 0.6) is 0 Å². The van der Waals surface area contributed by atoms with Crippen LogP contribution in [0.3, 0.4) is 0 Å². The molecule has 4 nitrogen and oxygen atoms in total. The van der Waals surface area contributed by atoms with Crippen LogP contribution in [0.1, 0.15) is 65.3 Å². The Labute approximate surface area is 171 Å². The maximum absolute atomic E-state index is 12.6. The number of thiophene rings is 1. The van der Waals surface area contributed by atoms with Gasteiger partial charge < -0.3 is 10.2 Å². The van der Waals surface area contributed by atoms with Crippen molar-refractivity contribution in [1.29, 1.82) is 5.26 Å². The molecule has 2 aromatic rings. The van der Waals surface area contributed by atoms with Crippen molar-refractivity contribution >= 4 is 22.2 Å². The number of carbonyl (C=O) groups excluding carboxylic acids is 1. The van der Waals surface area contributed by atoms with Gasteiger partial charge in [0.1, 0.15) is 17.1 Å². The van der Waals surface area contributed by atoms with Crippen LogP contribution in [0.4, 0.5) is 5.00 Å². The van der Waals surface area contributed by atoms with Gasteiger partial charge >= 0.3 is 0 Å². The summed E-state index contributed by atoms with van der Waals surface area (Å²) in [7, 11) is 2.20. The van der Waals surface area contributed by atoms with Gasteiger partial charge in [-0.3, -0.25) is 4.79 Å². The van der Waals surface area contributed by atoms with Gasteiger partial charge in [-0.25, -0.2) is 0 Å². The Bertz CT molecular complexity index is 911. The molecule has 0 fully saturated rings. The van der Waals surface area contributed by atoms with Gasteiger partial charge in [-0.05, 0) is 49.7 Å². The first kappa shape index (κ1) is 19.2. The van der Waals surface area contributed by atoms with E-state index in [1.807, 2.05) is 0 Å². The third-order valence-electron chi connectivity index (χ3n) is 6.25. The molecule has 1 amide bonds. The third kappa shape index (κ3) is 3.85. The van der Waals surface area contributed by atoms with E-state index < -0.39 is 0 Å². The van der Waals surface area contributed by atoms with Crippen molar-refractivity contribution in [2.75, 3.05) is 18.9 Å². The molecule has 2 atom stereocenters. The fourth-order valence-electron chi connectivity index (χ4n) is 4.71. The fraction of sp³-hybridized carbons (Fsp3) is 0.478. The number of nitriles is 1. The van der Waals surface area contributed by atoms with Gasteiger partial charge in [-0.1, -0.05) is 24.3 Å². The molecular formula is C23H28N3OS+. The first-order valence-corrected chi connectivity index (χ1v) is 11.2. The van der Waals surface area contributed by atoms with Crippen LogP contribution < -0.4 is 10.2 Å². The molecule has 4 rings (SSSR count). The van der Waals surface area contributed by atoms with E-state index in [1.54, 1.807) is 11.3 Å². The smallest absolute Gasteiger partial charge is 0.230 e. The van der Waals surface area contributed by atoms with Crippen molar-refractivity contribution in [2.24, 2.45) is 0 Å². The number of amides is 1. The molecule has 0 radical (unpaired) electrons. The van der Waals surface area contributed by atoms with Crippen molar-refractivity contribution in [3.05, 3.63) is 51.4 Å². The summed E-state index contributed by atoms with van der Waals surface area (Å²) in [5.41, 5.74) is 4.79. The first-order valence-electron chi connectivity index (χ1n) is 10.4. The second-order valence-electron chi connectivity index (χ2n) is 8.06. The van der Waals surface area contributed by atoms with E-state index in [-0.39, 0.29) is 5.91 Å². The number of hydrogen-bond acceptors (Lipinski definition) is 3. The summed E-state index contributed by atoms with van der Waals surface area (Å²) < 4.78 is 0. The molecule has 0 aliphatic heterocycles. The zero-order chi connectivity index (χ0) is 19.5. The van der Waals surface area contributed by atoms with Crippen LogP contribution in [-0.4, -0.2) is 19.5 Å². The molecule has 5 heteroatoms. The van der Waals surface area contributed by atoms with Gasteiger partial charge in [0.2, 0.25) is 5.91 Å². The SMILES string of the molecule is C[NH+](CCC(=O)Nc1sc2c(c1C#N)CCCC2)[C@@H]1CCCc2ccccc21. The molecule has 2 aliphatic rings. The number of quaternary nitrogens is 1. The van der Waals surface area contributed by atoms with Gasteiger partial charge in [0.05, 0.1) is 25.6 Å². The number of carbonyl (C=O) groups is 1. The minimum Gasteiger partial charge on any atom is -0.331 e. The molecule has 28 heavy (non-hydrogen) atoms. The van der Waals surface area contributed by atoms with Crippen LogP contribution in [0.15, 0.2) is 24.3 Å². The van der Waals surface area contributed by atoms with Crippen molar-refractivity contribution in [1.82, 2.24) is 0 Å². The number of fused-ring (bicyclic) bond motifs is 2. The lowest BCUT2D eigenvalue weighted by Gasteiger charge is -2.30. The van der Waals surface area contributed by atoms with Crippen LogP contribution in [0, 0.1) is 11.3 Å². The quantitative estimate of drug-likeness (QED) is 0.816. The minimum atomic E-state index is 0.0264. The van der Waals surface area contributed by atoms with E-state index in [0.717, 1.165) is 30.8 Å². The van der Waals surface area contributed by atoms with Gasteiger partial charge in [-0.15, -0.1) is 11.3 Å². The first-order chi connectivity index (χ1) is 13.7. The average Bonchev–Trinajstić information content (AvgIpc) is 3.08. The molecular weight excluding hydrogens is 366 g/mol. The molecule has 0 bridgehead atoms. The van der Waals surface area contributed by atoms with Gasteiger partial charge in [0.15, 0.2) is 0 Å². The van der Waals surface area contributed by atoms with Crippen molar-refractivity contribution in [2.45, 2.75) is 57.4 Å². The molecule has 1 aromatic carbocycles. The Hall–Kier alpha value is -2.16. The van der Waals surface area contributed by atoms with E-state index in [4.69, 9.17) is 0 Å². The normalized spacial score (nSPS) is 19.2. The Kier molecular flexibility index (Phi) is 5.79. The highest BCUT2D eigenvalue weighted by atomic mass is 32.1. The minimum absolute atomic E-state index is 0.0264.